The molecule has 0 saturated heterocycles. The lowest BCUT2D eigenvalue weighted by Crippen LogP contribution is -2.17. The molecular formula is C15H18N4OS2. The first-order chi connectivity index (χ1) is 10.7. The van der Waals surface area contributed by atoms with Crippen molar-refractivity contribution in [1.29, 1.82) is 0 Å². The van der Waals surface area contributed by atoms with Gasteiger partial charge in [-0.1, -0.05) is 12.1 Å². The van der Waals surface area contributed by atoms with E-state index in [1.807, 2.05) is 6.07 Å². The van der Waals surface area contributed by atoms with Gasteiger partial charge in [-0.25, -0.2) is 9.97 Å². The van der Waals surface area contributed by atoms with E-state index in [2.05, 4.69) is 44.8 Å². The highest BCUT2D eigenvalue weighted by atomic mass is 32.1. The van der Waals surface area contributed by atoms with Crippen LogP contribution in [0.15, 0.2) is 24.3 Å². The fourth-order valence-corrected chi connectivity index (χ4v) is 3.96. The molecule has 1 N–H and O–H groups in total. The van der Waals surface area contributed by atoms with Gasteiger partial charge in [-0.2, -0.15) is 4.37 Å². The summed E-state index contributed by atoms with van der Waals surface area (Å²) < 4.78 is 10.6. The molecular weight excluding hydrogens is 316 g/mol. The van der Waals surface area contributed by atoms with Crippen molar-refractivity contribution in [1.82, 2.24) is 14.3 Å². The quantitative estimate of drug-likeness (QED) is 0.718. The summed E-state index contributed by atoms with van der Waals surface area (Å²) in [5.41, 5.74) is 1.08. The lowest BCUT2D eigenvalue weighted by molar-refractivity contribution is 0.201. The Morgan fingerprint density at radius 1 is 1.27 bits per heavy atom. The number of aromatic nitrogens is 3. The third kappa shape index (κ3) is 3.79. The summed E-state index contributed by atoms with van der Waals surface area (Å²) in [7, 11) is 1.69. The Labute approximate surface area is 137 Å². The summed E-state index contributed by atoms with van der Waals surface area (Å²) in [6.07, 6.45) is 1.63. The molecule has 116 valence electrons. The van der Waals surface area contributed by atoms with Crippen LogP contribution < -0.4 is 5.32 Å². The Bertz CT molecular complexity index is 707. The Morgan fingerprint density at radius 2 is 2.14 bits per heavy atom. The topological polar surface area (TPSA) is 59.9 Å². The normalized spacial score (nSPS) is 12.6. The smallest absolute Gasteiger partial charge is 0.202 e. The van der Waals surface area contributed by atoms with Gasteiger partial charge in [-0.05, 0) is 19.1 Å². The van der Waals surface area contributed by atoms with E-state index in [-0.39, 0.29) is 6.04 Å². The molecule has 2 aromatic heterocycles. The molecule has 5 nitrogen and oxygen atoms in total. The molecule has 2 heterocycles. The predicted molar refractivity (Wildman–Crippen MR) is 91.9 cm³/mol. The Morgan fingerprint density at radius 3 is 2.95 bits per heavy atom. The monoisotopic (exact) mass is 334 g/mol. The number of fused-ring (bicyclic) bond motifs is 1. The van der Waals surface area contributed by atoms with E-state index in [4.69, 9.17) is 4.74 Å². The van der Waals surface area contributed by atoms with Crippen LogP contribution in [-0.4, -0.2) is 34.1 Å². The fraction of sp³-hybridized carbons (Fsp3) is 0.400. The Kier molecular flexibility index (Phi) is 4.97. The minimum absolute atomic E-state index is 0.267. The summed E-state index contributed by atoms with van der Waals surface area (Å²) in [6, 6.07) is 8.51. The lowest BCUT2D eigenvalue weighted by atomic mass is 10.2. The first-order valence-corrected chi connectivity index (χ1v) is 8.76. The number of thiazole rings is 1. The van der Waals surface area contributed by atoms with Crippen molar-refractivity contribution < 1.29 is 4.74 Å². The molecule has 0 spiro atoms. The molecule has 0 aliphatic carbocycles. The molecule has 0 radical (unpaired) electrons. The molecule has 7 heteroatoms. The number of benzene rings is 1. The second-order valence-corrected chi connectivity index (χ2v) is 6.95. The minimum atomic E-state index is 0.267. The molecule has 0 aliphatic rings. The molecule has 1 atom stereocenters. The minimum Gasteiger partial charge on any atom is -0.384 e. The zero-order valence-electron chi connectivity index (χ0n) is 12.6. The second-order valence-electron chi connectivity index (χ2n) is 5.08. The van der Waals surface area contributed by atoms with Crippen molar-refractivity contribution in [2.45, 2.75) is 25.8 Å². The number of hydrogen-bond acceptors (Lipinski definition) is 7. The number of nitrogens with zero attached hydrogens (tertiary/aromatic N) is 3. The van der Waals surface area contributed by atoms with Crippen LogP contribution >= 0.6 is 22.9 Å². The van der Waals surface area contributed by atoms with Gasteiger partial charge in [0.05, 0.1) is 21.8 Å². The van der Waals surface area contributed by atoms with Crippen LogP contribution in [0.1, 0.15) is 17.8 Å². The van der Waals surface area contributed by atoms with Crippen molar-refractivity contribution in [3.63, 3.8) is 0 Å². The summed E-state index contributed by atoms with van der Waals surface area (Å²) in [4.78, 5) is 9.14. The van der Waals surface area contributed by atoms with Gasteiger partial charge < -0.3 is 10.1 Å². The number of rotatable bonds is 7. The average molecular weight is 334 g/mol. The summed E-state index contributed by atoms with van der Waals surface area (Å²) in [5, 5.41) is 5.41. The third-order valence-corrected chi connectivity index (χ3v) is 4.93. The largest absolute Gasteiger partial charge is 0.384 e. The van der Waals surface area contributed by atoms with E-state index in [9.17, 15) is 0 Å². The maximum atomic E-state index is 5.04. The zero-order chi connectivity index (χ0) is 15.4. The molecule has 0 amide bonds. The second kappa shape index (κ2) is 7.13. The SMILES string of the molecule is COCCc1nsc(NC(C)Cc2nc3ccccc3s2)n1. The van der Waals surface area contributed by atoms with E-state index < -0.39 is 0 Å². The molecule has 0 bridgehead atoms. The molecule has 0 saturated carbocycles. The molecule has 1 unspecified atom stereocenters. The number of ether oxygens (including phenoxy) is 1. The van der Waals surface area contributed by atoms with Gasteiger partial charge in [0.25, 0.3) is 0 Å². The van der Waals surface area contributed by atoms with Crippen LogP contribution in [0.25, 0.3) is 10.2 Å². The van der Waals surface area contributed by atoms with Gasteiger partial charge in [-0.15, -0.1) is 11.3 Å². The first-order valence-electron chi connectivity index (χ1n) is 7.17. The summed E-state index contributed by atoms with van der Waals surface area (Å²) in [6.45, 7) is 2.79. The fourth-order valence-electron chi connectivity index (χ4n) is 2.14. The number of anilines is 1. The molecule has 3 aromatic rings. The number of hydrogen-bond donors (Lipinski definition) is 1. The highest BCUT2D eigenvalue weighted by Crippen LogP contribution is 2.23. The van der Waals surface area contributed by atoms with Crippen LogP contribution in [0.3, 0.4) is 0 Å². The summed E-state index contributed by atoms with van der Waals surface area (Å²) in [5.74, 6) is 0.835. The molecule has 1 aromatic carbocycles. The maximum absolute atomic E-state index is 5.04. The van der Waals surface area contributed by atoms with Gasteiger partial charge in [-0.3, -0.25) is 0 Å². The van der Waals surface area contributed by atoms with Crippen LogP contribution in [0, 0.1) is 0 Å². The van der Waals surface area contributed by atoms with Crippen molar-refractivity contribution in [2.24, 2.45) is 0 Å². The molecule has 3 rings (SSSR count). The van der Waals surface area contributed by atoms with Crippen LogP contribution in [0.5, 0.6) is 0 Å². The van der Waals surface area contributed by atoms with Crippen LogP contribution in [0.2, 0.25) is 0 Å². The van der Waals surface area contributed by atoms with Crippen LogP contribution in [-0.2, 0) is 17.6 Å². The van der Waals surface area contributed by atoms with E-state index in [0.29, 0.717) is 6.61 Å². The Balaban J connectivity index is 1.59. The van der Waals surface area contributed by atoms with E-state index >= 15 is 0 Å². The standard InChI is InChI=1S/C15H18N4OS2/c1-10(16-15-18-13(19-22-15)7-8-20-2)9-14-17-11-5-3-4-6-12(11)21-14/h3-6,10H,7-9H2,1-2H3,(H,16,18,19). The number of para-hydroxylation sites is 1. The zero-order valence-corrected chi connectivity index (χ0v) is 14.2. The number of methoxy groups -OCH3 is 1. The van der Waals surface area contributed by atoms with Crippen molar-refractivity contribution in [2.75, 3.05) is 19.0 Å². The van der Waals surface area contributed by atoms with Crippen LogP contribution in [0.4, 0.5) is 5.13 Å². The predicted octanol–water partition coefficient (Wildman–Crippen LogP) is 3.38. The molecule has 22 heavy (non-hydrogen) atoms. The average Bonchev–Trinajstić information content (AvgIpc) is 3.10. The first kappa shape index (κ1) is 15.3. The van der Waals surface area contributed by atoms with E-state index in [1.165, 1.54) is 16.2 Å². The summed E-state index contributed by atoms with van der Waals surface area (Å²) >= 11 is 3.15. The highest BCUT2D eigenvalue weighted by Gasteiger charge is 2.11. The van der Waals surface area contributed by atoms with Gasteiger partial charge in [0.2, 0.25) is 5.13 Å². The molecule has 0 aliphatic heterocycles. The molecule has 0 fully saturated rings. The Hall–Kier alpha value is -1.57. The van der Waals surface area contributed by atoms with Crippen molar-refractivity contribution in [3.05, 3.63) is 35.1 Å². The third-order valence-electron chi connectivity index (χ3n) is 3.19. The van der Waals surface area contributed by atoms with Gasteiger partial charge in [0.1, 0.15) is 5.82 Å². The maximum Gasteiger partial charge on any atom is 0.202 e. The number of nitrogens with one attached hydrogen (secondary N) is 1. The highest BCUT2D eigenvalue weighted by molar-refractivity contribution is 7.18. The lowest BCUT2D eigenvalue weighted by Gasteiger charge is -2.10. The van der Waals surface area contributed by atoms with Gasteiger partial charge >= 0.3 is 0 Å². The van der Waals surface area contributed by atoms with Crippen molar-refractivity contribution >= 4 is 38.2 Å². The van der Waals surface area contributed by atoms with E-state index in [0.717, 1.165) is 34.3 Å². The van der Waals surface area contributed by atoms with Crippen molar-refractivity contribution in [3.8, 4) is 0 Å². The van der Waals surface area contributed by atoms with E-state index in [1.54, 1.807) is 18.4 Å². The van der Waals surface area contributed by atoms with Gasteiger partial charge in [0.15, 0.2) is 0 Å². The van der Waals surface area contributed by atoms with Gasteiger partial charge in [0, 0.05) is 37.5 Å².